The zero-order chi connectivity index (χ0) is 19.4. The van der Waals surface area contributed by atoms with Crippen molar-refractivity contribution in [2.45, 2.75) is 13.8 Å². The van der Waals surface area contributed by atoms with Crippen LogP contribution >= 0.6 is 12.2 Å². The first-order chi connectivity index (χ1) is 13.0. The van der Waals surface area contributed by atoms with E-state index in [0.717, 1.165) is 22.8 Å². The molecule has 0 amide bonds. The van der Waals surface area contributed by atoms with Crippen LogP contribution in [0.5, 0.6) is 5.75 Å². The Morgan fingerprint density at radius 3 is 2.37 bits per heavy atom. The Bertz CT molecular complexity index is 991. The van der Waals surface area contributed by atoms with Crippen molar-refractivity contribution in [1.82, 2.24) is 9.36 Å². The number of benzene rings is 2. The number of aromatic nitrogens is 2. The summed E-state index contributed by atoms with van der Waals surface area (Å²) in [5.41, 5.74) is 2.70. The maximum absolute atomic E-state index is 12.9. The van der Waals surface area contributed by atoms with Crippen LogP contribution in [0.25, 0.3) is 5.69 Å². The first kappa shape index (κ1) is 18.7. The molecule has 140 valence electrons. The zero-order valence-electron chi connectivity index (χ0n) is 15.5. The van der Waals surface area contributed by atoms with Gasteiger partial charge in [-0.2, -0.15) is 0 Å². The molecule has 0 spiro atoms. The van der Waals surface area contributed by atoms with Crippen molar-refractivity contribution in [1.29, 1.82) is 0 Å². The van der Waals surface area contributed by atoms with Gasteiger partial charge in [0.25, 0.3) is 5.56 Å². The average Bonchev–Trinajstić information content (AvgIpc) is 2.87. The van der Waals surface area contributed by atoms with Crippen molar-refractivity contribution in [3.63, 3.8) is 0 Å². The molecule has 0 radical (unpaired) electrons. The van der Waals surface area contributed by atoms with Crippen LogP contribution in [0.3, 0.4) is 0 Å². The molecular formula is C20H22N4O2S. The second kappa shape index (κ2) is 8.09. The van der Waals surface area contributed by atoms with E-state index < -0.39 is 0 Å². The van der Waals surface area contributed by atoms with Gasteiger partial charge in [0.05, 0.1) is 18.0 Å². The quantitative estimate of drug-likeness (QED) is 0.659. The van der Waals surface area contributed by atoms with Crippen LogP contribution in [0.15, 0.2) is 59.4 Å². The van der Waals surface area contributed by atoms with Gasteiger partial charge in [-0.15, -0.1) is 0 Å². The molecule has 0 aliphatic carbocycles. The third kappa shape index (κ3) is 4.03. The number of thiocarbonyl (C=S) groups is 1. The highest BCUT2D eigenvalue weighted by molar-refractivity contribution is 7.80. The number of nitrogens with one attached hydrogen (secondary N) is 2. The Hall–Kier alpha value is -3.06. The highest BCUT2D eigenvalue weighted by Gasteiger charge is 2.16. The summed E-state index contributed by atoms with van der Waals surface area (Å²) in [7, 11) is 1.85. The minimum absolute atomic E-state index is 0.156. The van der Waals surface area contributed by atoms with Gasteiger partial charge >= 0.3 is 0 Å². The lowest BCUT2D eigenvalue weighted by Crippen LogP contribution is -2.25. The standard InChI is InChI=1S/C20H22N4O2S/c1-4-26-17-12-10-15(11-13-17)21-20(27)22-18-14(2)23(3)24(19(18)25)16-8-6-5-7-9-16/h5-13H,4H2,1-3H3,(H2,21,22,27). The third-order valence-electron chi connectivity index (χ3n) is 4.22. The monoisotopic (exact) mass is 382 g/mol. The van der Waals surface area contributed by atoms with E-state index in [4.69, 9.17) is 17.0 Å². The van der Waals surface area contributed by atoms with E-state index in [1.807, 2.05) is 75.5 Å². The summed E-state index contributed by atoms with van der Waals surface area (Å²) < 4.78 is 8.84. The smallest absolute Gasteiger partial charge is 0.295 e. The van der Waals surface area contributed by atoms with Crippen LogP contribution in [0.4, 0.5) is 11.4 Å². The van der Waals surface area contributed by atoms with Crippen LogP contribution in [-0.4, -0.2) is 21.1 Å². The van der Waals surface area contributed by atoms with Crippen molar-refractivity contribution in [2.75, 3.05) is 17.2 Å². The molecule has 0 unspecified atom stereocenters. The van der Waals surface area contributed by atoms with Crippen molar-refractivity contribution < 1.29 is 4.74 Å². The molecule has 0 fully saturated rings. The number of rotatable bonds is 5. The van der Waals surface area contributed by atoms with Gasteiger partial charge in [0.15, 0.2) is 5.11 Å². The van der Waals surface area contributed by atoms with Gasteiger partial charge in [-0.1, -0.05) is 18.2 Å². The van der Waals surface area contributed by atoms with E-state index in [0.29, 0.717) is 17.4 Å². The maximum atomic E-state index is 12.9. The van der Waals surface area contributed by atoms with E-state index in [2.05, 4.69) is 10.6 Å². The summed E-state index contributed by atoms with van der Waals surface area (Å²) in [6, 6.07) is 17.0. The summed E-state index contributed by atoms with van der Waals surface area (Å²) >= 11 is 5.38. The zero-order valence-corrected chi connectivity index (χ0v) is 16.3. The molecular weight excluding hydrogens is 360 g/mol. The molecule has 0 aliphatic rings. The second-order valence-corrected chi connectivity index (χ2v) is 6.38. The fraction of sp³-hybridized carbons (Fsp3) is 0.200. The first-order valence-electron chi connectivity index (χ1n) is 8.66. The largest absolute Gasteiger partial charge is 0.494 e. The van der Waals surface area contributed by atoms with Gasteiger partial charge in [-0.25, -0.2) is 4.68 Å². The van der Waals surface area contributed by atoms with E-state index in [1.165, 1.54) is 0 Å². The number of ether oxygens (including phenoxy) is 1. The second-order valence-electron chi connectivity index (χ2n) is 5.97. The van der Waals surface area contributed by atoms with Gasteiger partial charge in [0.1, 0.15) is 11.4 Å². The molecule has 0 saturated heterocycles. The Balaban J connectivity index is 1.79. The van der Waals surface area contributed by atoms with Crippen molar-refractivity contribution in [3.8, 4) is 11.4 Å². The van der Waals surface area contributed by atoms with Gasteiger partial charge in [-0.05, 0) is 62.5 Å². The van der Waals surface area contributed by atoms with Crippen LogP contribution in [0.2, 0.25) is 0 Å². The van der Waals surface area contributed by atoms with Crippen LogP contribution in [0.1, 0.15) is 12.6 Å². The number of anilines is 2. The van der Waals surface area contributed by atoms with Gasteiger partial charge in [0, 0.05) is 12.7 Å². The molecule has 1 heterocycles. The minimum Gasteiger partial charge on any atom is -0.494 e. The summed E-state index contributed by atoms with van der Waals surface area (Å²) in [5, 5.41) is 6.47. The Morgan fingerprint density at radius 1 is 1.07 bits per heavy atom. The molecule has 27 heavy (non-hydrogen) atoms. The normalized spacial score (nSPS) is 10.5. The molecule has 0 aliphatic heterocycles. The highest BCUT2D eigenvalue weighted by Crippen LogP contribution is 2.17. The topological polar surface area (TPSA) is 60.2 Å². The molecule has 2 aromatic carbocycles. The number of hydrogen-bond donors (Lipinski definition) is 2. The summed E-state index contributed by atoms with van der Waals surface area (Å²) in [5.74, 6) is 0.798. The van der Waals surface area contributed by atoms with Crippen molar-refractivity contribution >= 4 is 28.7 Å². The van der Waals surface area contributed by atoms with E-state index in [-0.39, 0.29) is 5.56 Å². The fourth-order valence-electron chi connectivity index (χ4n) is 2.79. The van der Waals surface area contributed by atoms with E-state index in [9.17, 15) is 4.79 Å². The molecule has 3 aromatic rings. The predicted molar refractivity (Wildman–Crippen MR) is 113 cm³/mol. The molecule has 0 atom stereocenters. The minimum atomic E-state index is -0.156. The lowest BCUT2D eigenvalue weighted by atomic mass is 10.3. The Morgan fingerprint density at radius 2 is 1.74 bits per heavy atom. The highest BCUT2D eigenvalue weighted by atomic mass is 32.1. The van der Waals surface area contributed by atoms with Crippen LogP contribution in [-0.2, 0) is 7.05 Å². The Kier molecular flexibility index (Phi) is 5.61. The molecule has 6 nitrogen and oxygen atoms in total. The molecule has 0 bridgehead atoms. The van der Waals surface area contributed by atoms with Crippen LogP contribution in [0, 0.1) is 6.92 Å². The number of para-hydroxylation sites is 1. The predicted octanol–water partition coefficient (Wildman–Crippen LogP) is 3.69. The fourth-order valence-corrected chi connectivity index (χ4v) is 3.01. The molecule has 3 rings (SSSR count). The number of hydrogen-bond acceptors (Lipinski definition) is 3. The molecule has 1 aromatic heterocycles. The van der Waals surface area contributed by atoms with Crippen LogP contribution < -0.4 is 20.9 Å². The summed E-state index contributed by atoms with van der Waals surface area (Å²) in [4.78, 5) is 12.9. The van der Waals surface area contributed by atoms with Gasteiger partial charge in [0.2, 0.25) is 0 Å². The molecule has 2 N–H and O–H groups in total. The van der Waals surface area contributed by atoms with E-state index >= 15 is 0 Å². The van der Waals surface area contributed by atoms with Gasteiger partial charge in [-0.3, -0.25) is 9.48 Å². The van der Waals surface area contributed by atoms with E-state index in [1.54, 1.807) is 9.36 Å². The Labute approximate surface area is 163 Å². The van der Waals surface area contributed by atoms with Gasteiger partial charge < -0.3 is 15.4 Å². The lowest BCUT2D eigenvalue weighted by Gasteiger charge is -2.10. The summed E-state index contributed by atoms with van der Waals surface area (Å²) in [6.45, 7) is 4.44. The van der Waals surface area contributed by atoms with Crippen molar-refractivity contribution in [2.24, 2.45) is 7.05 Å². The number of nitrogens with zero attached hydrogens (tertiary/aromatic N) is 2. The molecule has 0 saturated carbocycles. The molecule has 7 heteroatoms. The average molecular weight is 382 g/mol. The lowest BCUT2D eigenvalue weighted by molar-refractivity contribution is 0.340. The van der Waals surface area contributed by atoms with Crippen molar-refractivity contribution in [3.05, 3.63) is 70.6 Å². The summed E-state index contributed by atoms with van der Waals surface area (Å²) in [6.07, 6.45) is 0. The maximum Gasteiger partial charge on any atom is 0.295 e. The SMILES string of the molecule is CCOc1ccc(NC(=S)Nc2c(C)n(C)n(-c3ccccc3)c2=O)cc1. The third-order valence-corrected chi connectivity index (χ3v) is 4.42. The first-order valence-corrected chi connectivity index (χ1v) is 9.07.